The SMILES string of the molecule is CCCCCC/C=C\CCCCCCCC(=O)OC(COCCCCCCCCCCCCCCCC/C=C\CCCCCCCCCC)COP(=O)([O-])OCC[N+](C)(C)C. The molecular weight excluding hydrogens is 782 g/mol. The van der Waals surface area contributed by atoms with E-state index in [0.717, 1.165) is 44.9 Å². The molecule has 0 aromatic rings. The maximum Gasteiger partial charge on any atom is 0.306 e. The Balaban J connectivity index is 4.01. The summed E-state index contributed by atoms with van der Waals surface area (Å²) in [5.74, 6) is -0.340. The zero-order valence-electron chi connectivity index (χ0n) is 41.1. The summed E-state index contributed by atoms with van der Waals surface area (Å²) in [6.07, 6.45) is 53.6. The number of allylic oxidation sites excluding steroid dienone is 4. The van der Waals surface area contributed by atoms with Crippen LogP contribution in [0.3, 0.4) is 0 Å². The monoisotopic (exact) mass is 884 g/mol. The van der Waals surface area contributed by atoms with Gasteiger partial charge >= 0.3 is 5.97 Å². The topological polar surface area (TPSA) is 94.1 Å². The number of hydrogen-bond donors (Lipinski definition) is 0. The van der Waals surface area contributed by atoms with Crippen LogP contribution in [0.5, 0.6) is 0 Å². The van der Waals surface area contributed by atoms with Crippen LogP contribution in [-0.4, -0.2) is 70.7 Å². The average Bonchev–Trinajstić information content (AvgIpc) is 3.22. The van der Waals surface area contributed by atoms with Crippen LogP contribution in [0.1, 0.15) is 245 Å². The van der Waals surface area contributed by atoms with Crippen molar-refractivity contribution in [3.05, 3.63) is 24.3 Å². The summed E-state index contributed by atoms with van der Waals surface area (Å²) in [4.78, 5) is 25.1. The number of likely N-dealkylation sites (N-methyl/N-ethyl adjacent to an activating group) is 1. The number of rotatable bonds is 49. The number of carbonyl (C=O) groups is 1. The molecule has 2 atom stereocenters. The Morgan fingerprint density at radius 1 is 0.492 bits per heavy atom. The highest BCUT2D eigenvalue weighted by molar-refractivity contribution is 7.45. The number of ether oxygens (including phenoxy) is 2. The Hall–Kier alpha value is -1.02. The minimum Gasteiger partial charge on any atom is -0.756 e. The summed E-state index contributed by atoms with van der Waals surface area (Å²) in [7, 11) is 1.36. The molecule has 8 nitrogen and oxygen atoms in total. The van der Waals surface area contributed by atoms with E-state index >= 15 is 0 Å². The van der Waals surface area contributed by atoms with E-state index in [0.29, 0.717) is 24.1 Å². The van der Waals surface area contributed by atoms with Crippen molar-refractivity contribution in [3.8, 4) is 0 Å². The zero-order chi connectivity index (χ0) is 44.8. The normalized spacial score (nSPS) is 13.7. The van der Waals surface area contributed by atoms with Crippen LogP contribution in [0.4, 0.5) is 0 Å². The highest BCUT2D eigenvalue weighted by Gasteiger charge is 2.20. The third-order valence-electron chi connectivity index (χ3n) is 11.5. The smallest absolute Gasteiger partial charge is 0.306 e. The lowest BCUT2D eigenvalue weighted by Gasteiger charge is -2.28. The first-order valence-corrected chi connectivity index (χ1v) is 27.5. The first-order valence-electron chi connectivity index (χ1n) is 26.1. The molecule has 0 rings (SSSR count). The summed E-state index contributed by atoms with van der Waals surface area (Å²) < 4.78 is 34.7. The molecule has 0 heterocycles. The number of phosphoric ester groups is 1. The van der Waals surface area contributed by atoms with Crippen LogP contribution in [0, 0.1) is 0 Å². The molecule has 2 unspecified atom stereocenters. The van der Waals surface area contributed by atoms with Crippen LogP contribution in [0.15, 0.2) is 24.3 Å². The molecule has 0 aromatic heterocycles. The molecule has 61 heavy (non-hydrogen) atoms. The number of unbranched alkanes of at least 4 members (excludes halogenated alkanes) is 31. The molecule has 0 fully saturated rings. The van der Waals surface area contributed by atoms with E-state index in [1.165, 1.54) is 180 Å². The highest BCUT2D eigenvalue weighted by Crippen LogP contribution is 2.38. The van der Waals surface area contributed by atoms with Gasteiger partial charge in [-0.1, -0.05) is 199 Å². The predicted octanol–water partition coefficient (Wildman–Crippen LogP) is 15.3. The van der Waals surface area contributed by atoms with E-state index in [1.54, 1.807) is 0 Å². The number of phosphoric acid groups is 1. The van der Waals surface area contributed by atoms with E-state index in [9.17, 15) is 14.3 Å². The Morgan fingerprint density at radius 2 is 0.852 bits per heavy atom. The van der Waals surface area contributed by atoms with Crippen LogP contribution in [0.2, 0.25) is 0 Å². The molecule has 0 amide bonds. The van der Waals surface area contributed by atoms with Crippen molar-refractivity contribution in [2.45, 2.75) is 251 Å². The van der Waals surface area contributed by atoms with Gasteiger partial charge in [-0.2, -0.15) is 0 Å². The second-order valence-electron chi connectivity index (χ2n) is 18.9. The molecule has 0 radical (unpaired) electrons. The lowest BCUT2D eigenvalue weighted by atomic mass is 10.0. The minimum atomic E-state index is -4.53. The fourth-order valence-corrected chi connectivity index (χ4v) is 8.15. The van der Waals surface area contributed by atoms with Crippen LogP contribution >= 0.6 is 7.82 Å². The maximum absolute atomic E-state index is 12.7. The minimum absolute atomic E-state index is 0.0264. The molecular formula is C52H102NO7P. The van der Waals surface area contributed by atoms with Gasteiger partial charge in [0, 0.05) is 13.0 Å². The summed E-state index contributed by atoms with van der Waals surface area (Å²) in [5, 5.41) is 0. The van der Waals surface area contributed by atoms with Crippen LogP contribution in [-0.2, 0) is 27.9 Å². The van der Waals surface area contributed by atoms with Crippen molar-refractivity contribution in [2.24, 2.45) is 0 Å². The van der Waals surface area contributed by atoms with Gasteiger partial charge in [-0.25, -0.2) is 0 Å². The Bertz CT molecular complexity index is 1030. The van der Waals surface area contributed by atoms with Crippen molar-refractivity contribution in [3.63, 3.8) is 0 Å². The molecule has 0 saturated carbocycles. The molecule has 0 N–H and O–H groups in total. The first kappa shape index (κ1) is 60.0. The number of hydrogen-bond acceptors (Lipinski definition) is 7. The van der Waals surface area contributed by atoms with E-state index in [4.69, 9.17) is 18.5 Å². The van der Waals surface area contributed by atoms with Crippen molar-refractivity contribution in [1.29, 1.82) is 0 Å². The molecule has 0 aromatic carbocycles. The van der Waals surface area contributed by atoms with Crippen molar-refractivity contribution >= 4 is 13.8 Å². The Morgan fingerprint density at radius 3 is 1.26 bits per heavy atom. The summed E-state index contributed by atoms with van der Waals surface area (Å²) in [5.41, 5.74) is 0. The average molecular weight is 884 g/mol. The second kappa shape index (κ2) is 45.5. The fraction of sp³-hybridized carbons (Fsp3) is 0.904. The predicted molar refractivity (Wildman–Crippen MR) is 259 cm³/mol. The fourth-order valence-electron chi connectivity index (χ4n) is 7.42. The largest absolute Gasteiger partial charge is 0.756 e. The van der Waals surface area contributed by atoms with Gasteiger partial charge in [0.2, 0.25) is 0 Å². The van der Waals surface area contributed by atoms with Gasteiger partial charge in [0.05, 0.1) is 34.4 Å². The number of esters is 1. The van der Waals surface area contributed by atoms with Crippen LogP contribution < -0.4 is 4.89 Å². The molecule has 362 valence electrons. The molecule has 0 bridgehead atoms. The molecule has 0 aliphatic rings. The Kier molecular flexibility index (Phi) is 44.8. The summed E-state index contributed by atoms with van der Waals surface area (Å²) in [6, 6.07) is 0. The van der Waals surface area contributed by atoms with Crippen LogP contribution in [0.25, 0.3) is 0 Å². The molecule has 0 aliphatic carbocycles. The third kappa shape index (κ3) is 49.8. The highest BCUT2D eigenvalue weighted by atomic mass is 31.2. The zero-order valence-corrected chi connectivity index (χ0v) is 42.0. The van der Waals surface area contributed by atoms with Gasteiger partial charge in [0.25, 0.3) is 7.82 Å². The third-order valence-corrected chi connectivity index (χ3v) is 12.4. The van der Waals surface area contributed by atoms with E-state index in [1.807, 2.05) is 21.1 Å². The van der Waals surface area contributed by atoms with E-state index < -0.39 is 13.9 Å². The van der Waals surface area contributed by atoms with Crippen molar-refractivity contribution in [1.82, 2.24) is 0 Å². The van der Waals surface area contributed by atoms with Gasteiger partial charge in [-0.15, -0.1) is 0 Å². The number of carbonyl (C=O) groups excluding carboxylic acids is 1. The van der Waals surface area contributed by atoms with Crippen molar-refractivity contribution < 1.29 is 37.3 Å². The standard InChI is InChI=1S/C52H102NO7P/c1-6-8-10-12-14-16-18-20-21-22-23-24-25-26-27-28-29-30-31-32-34-36-38-40-42-44-47-57-49-51(50-59-61(55,56)58-48-46-53(3,4)5)60-52(54)45-43-41-39-37-35-33-19-17-15-13-11-9-7-2/h17,19,22-23,51H,6-16,18,20-21,24-50H2,1-5H3/b19-17-,23-22-. The lowest BCUT2D eigenvalue weighted by molar-refractivity contribution is -0.870. The van der Waals surface area contributed by atoms with E-state index in [2.05, 4.69) is 38.2 Å². The lowest BCUT2D eigenvalue weighted by Crippen LogP contribution is -2.37. The van der Waals surface area contributed by atoms with Gasteiger partial charge < -0.3 is 27.9 Å². The first-order chi connectivity index (χ1) is 29.6. The van der Waals surface area contributed by atoms with Crippen molar-refractivity contribution in [2.75, 3.05) is 54.1 Å². The Labute approximate surface area is 379 Å². The molecule has 0 saturated heterocycles. The molecule has 0 aliphatic heterocycles. The van der Waals surface area contributed by atoms with Gasteiger partial charge in [0.15, 0.2) is 0 Å². The number of quaternary nitrogens is 1. The summed E-state index contributed by atoms with van der Waals surface area (Å²) in [6.45, 7) is 5.42. The number of nitrogens with zero attached hydrogens (tertiary/aromatic N) is 1. The van der Waals surface area contributed by atoms with E-state index in [-0.39, 0.29) is 25.8 Å². The summed E-state index contributed by atoms with van der Waals surface area (Å²) >= 11 is 0. The maximum atomic E-state index is 12.7. The molecule has 9 heteroatoms. The van der Waals surface area contributed by atoms with Gasteiger partial charge in [-0.05, 0) is 64.2 Å². The second-order valence-corrected chi connectivity index (χ2v) is 20.3. The van der Waals surface area contributed by atoms with Gasteiger partial charge in [0.1, 0.15) is 19.3 Å². The molecule has 0 spiro atoms. The van der Waals surface area contributed by atoms with Gasteiger partial charge in [-0.3, -0.25) is 9.36 Å². The quantitative estimate of drug-likeness (QED) is 0.0197.